The molecule has 2 rings (SSSR count). The van der Waals surface area contributed by atoms with Crippen molar-refractivity contribution in [3.63, 3.8) is 0 Å². The molecule has 0 heterocycles. The summed E-state index contributed by atoms with van der Waals surface area (Å²) in [6, 6.07) is 7.04. The first-order chi connectivity index (χ1) is 16.4. The number of carbonyl (C=O) groups is 1. The number of guanidine groups is 1. The van der Waals surface area contributed by atoms with Gasteiger partial charge < -0.3 is 27.2 Å². The van der Waals surface area contributed by atoms with Crippen LogP contribution in [0.15, 0.2) is 46.4 Å². The molecule has 0 saturated carbocycles. The van der Waals surface area contributed by atoms with Crippen LogP contribution < -0.4 is 26.8 Å². The Morgan fingerprint density at radius 1 is 1.17 bits per heavy atom. The highest BCUT2D eigenvalue weighted by Gasteiger charge is 2.26. The number of halogens is 2. The minimum absolute atomic E-state index is 0.00414. The second kappa shape index (κ2) is 12.4. The van der Waals surface area contributed by atoms with Crippen molar-refractivity contribution >= 4 is 50.8 Å². The first-order valence-electron chi connectivity index (χ1n) is 9.94. The number of hydrogen-bond donors (Lipinski definition) is 6. The number of hydrogen-bond acceptors (Lipinski definition) is 7. The van der Waals surface area contributed by atoms with Crippen LogP contribution in [0.1, 0.15) is 18.4 Å². The Hall–Kier alpha value is -3.33. The monoisotopic (exact) mass is 547 g/mol. The number of nitrogens with one attached hydrogen (secondary N) is 3. The first kappa shape index (κ1) is 27.9. The van der Waals surface area contributed by atoms with E-state index in [4.69, 9.17) is 34.7 Å². The number of nitrogen functional groups attached to an aromatic ring is 1. The fourth-order valence-electron chi connectivity index (χ4n) is 2.79. The summed E-state index contributed by atoms with van der Waals surface area (Å²) in [5.74, 6) is -1.02. The minimum Gasteiger partial charge on any atom is -0.508 e. The summed E-state index contributed by atoms with van der Waals surface area (Å²) in [7, 11) is -4.25. The van der Waals surface area contributed by atoms with Gasteiger partial charge in [0, 0.05) is 13.1 Å². The summed E-state index contributed by atoms with van der Waals surface area (Å²) in [5, 5.41) is 26.6. The van der Waals surface area contributed by atoms with E-state index in [9.17, 15) is 28.4 Å². The van der Waals surface area contributed by atoms with Crippen LogP contribution in [0.4, 0.5) is 5.69 Å². The Morgan fingerprint density at radius 2 is 1.77 bits per heavy atom. The average molecular weight is 548 g/mol. The van der Waals surface area contributed by atoms with Crippen LogP contribution >= 0.6 is 23.2 Å². The predicted octanol–water partition coefficient (Wildman–Crippen LogP) is 1.12. The van der Waals surface area contributed by atoms with Crippen molar-refractivity contribution in [1.82, 2.24) is 15.4 Å². The molecule has 1 amide bonds. The van der Waals surface area contributed by atoms with E-state index >= 15 is 0 Å². The lowest BCUT2D eigenvalue weighted by Crippen LogP contribution is -2.47. The van der Waals surface area contributed by atoms with Gasteiger partial charge in [-0.25, -0.2) is 18.5 Å². The van der Waals surface area contributed by atoms with Crippen molar-refractivity contribution in [3.05, 3.63) is 62.1 Å². The molecule has 0 aliphatic rings. The van der Waals surface area contributed by atoms with E-state index < -0.39 is 33.0 Å². The molecule has 0 saturated heterocycles. The smallest absolute Gasteiger partial charge is 0.266 e. The largest absolute Gasteiger partial charge is 0.508 e. The topological polar surface area (TPSA) is 215 Å². The number of nitro groups is 1. The van der Waals surface area contributed by atoms with Crippen LogP contribution in [-0.2, 0) is 21.4 Å². The lowest BCUT2D eigenvalue weighted by atomic mass is 10.1. The van der Waals surface area contributed by atoms with Crippen LogP contribution in [0.25, 0.3) is 0 Å². The van der Waals surface area contributed by atoms with Gasteiger partial charge in [-0.05, 0) is 42.7 Å². The molecule has 0 unspecified atom stereocenters. The summed E-state index contributed by atoms with van der Waals surface area (Å²) in [6.45, 7) is 0.143. The summed E-state index contributed by atoms with van der Waals surface area (Å²) in [4.78, 5) is 22.9. The van der Waals surface area contributed by atoms with Gasteiger partial charge in [0.2, 0.25) is 15.9 Å². The van der Waals surface area contributed by atoms with Gasteiger partial charge in [-0.15, -0.1) is 0 Å². The van der Waals surface area contributed by atoms with E-state index in [1.807, 2.05) is 0 Å². The number of carbonyl (C=O) groups excluding carboxylic acids is 1. The molecule has 0 radical (unpaired) electrons. The quantitative estimate of drug-likeness (QED) is 0.0591. The molecule has 13 nitrogen and oxygen atoms in total. The number of phenols is 1. The zero-order valence-electron chi connectivity index (χ0n) is 18.1. The van der Waals surface area contributed by atoms with E-state index in [0.717, 1.165) is 12.1 Å². The summed E-state index contributed by atoms with van der Waals surface area (Å²) in [6.07, 6.45) is 0.187. The molecule has 0 aliphatic carbocycles. The zero-order valence-corrected chi connectivity index (χ0v) is 20.4. The standard InChI is InChI=1S/C19H23Cl2N7O6S/c20-14-8-13(9-15(21)17(14)22)35(33,34)27-16(2-1-7-24-19(23)26-28(31)32)18(30)25-10-11-3-5-12(29)6-4-11/h3-6,8-9,16,27,29H,1-2,7,10,22H2,(H,25,30)(H3,23,24,26)/t16-/m1/s1. The maximum Gasteiger partial charge on any atom is 0.266 e. The van der Waals surface area contributed by atoms with Gasteiger partial charge in [-0.3, -0.25) is 4.79 Å². The van der Waals surface area contributed by atoms with Crippen molar-refractivity contribution in [2.75, 3.05) is 12.3 Å². The molecule has 1 atom stereocenters. The second-order valence-electron chi connectivity index (χ2n) is 7.15. The Labute approximate surface area is 210 Å². The van der Waals surface area contributed by atoms with Crippen molar-refractivity contribution < 1.29 is 23.4 Å². The number of sulfonamides is 1. The van der Waals surface area contributed by atoms with Crippen LogP contribution in [0.2, 0.25) is 10.0 Å². The van der Waals surface area contributed by atoms with Crippen LogP contribution in [0.3, 0.4) is 0 Å². The molecule has 190 valence electrons. The lowest BCUT2D eigenvalue weighted by Gasteiger charge is -2.19. The van der Waals surface area contributed by atoms with Gasteiger partial charge in [0.25, 0.3) is 5.96 Å². The SMILES string of the molecule is N/C(=N/[N+](=O)[O-])NCCC[C@@H](NS(=O)(=O)c1cc(Cl)c(N)c(Cl)c1)C(=O)NCc1ccc(O)cc1. The van der Waals surface area contributed by atoms with Gasteiger partial charge >= 0.3 is 0 Å². The number of aromatic hydroxyl groups is 1. The number of amides is 1. The molecular weight excluding hydrogens is 525 g/mol. The van der Waals surface area contributed by atoms with Gasteiger partial charge in [0.05, 0.1) is 20.6 Å². The molecule has 2 aromatic rings. The van der Waals surface area contributed by atoms with E-state index in [1.54, 1.807) is 12.1 Å². The maximum absolute atomic E-state index is 12.9. The predicted molar refractivity (Wildman–Crippen MR) is 131 cm³/mol. The van der Waals surface area contributed by atoms with E-state index in [1.165, 1.54) is 12.1 Å². The summed E-state index contributed by atoms with van der Waals surface area (Å²) >= 11 is 11.9. The minimum atomic E-state index is -4.25. The van der Waals surface area contributed by atoms with E-state index in [0.29, 0.717) is 5.56 Å². The number of benzene rings is 2. The molecule has 0 bridgehead atoms. The Bertz CT molecular complexity index is 1190. The number of anilines is 1. The highest BCUT2D eigenvalue weighted by atomic mass is 35.5. The molecule has 0 aliphatic heterocycles. The summed E-state index contributed by atoms with van der Waals surface area (Å²) in [5.41, 5.74) is 11.7. The molecule has 0 aromatic heterocycles. The first-order valence-corrected chi connectivity index (χ1v) is 12.2. The summed E-state index contributed by atoms with van der Waals surface area (Å²) < 4.78 is 28.2. The molecule has 8 N–H and O–H groups in total. The number of rotatable bonds is 11. The van der Waals surface area contributed by atoms with Crippen molar-refractivity contribution in [2.45, 2.75) is 30.3 Å². The zero-order chi connectivity index (χ0) is 26.2. The third-order valence-corrected chi connectivity index (χ3v) is 6.62. The van der Waals surface area contributed by atoms with Gasteiger partial charge in [0.1, 0.15) is 16.9 Å². The Morgan fingerprint density at radius 3 is 2.34 bits per heavy atom. The fourth-order valence-corrected chi connectivity index (χ4v) is 4.69. The number of nitrogens with two attached hydrogens (primary N) is 2. The van der Waals surface area contributed by atoms with Crippen molar-refractivity contribution in [2.24, 2.45) is 10.8 Å². The van der Waals surface area contributed by atoms with Crippen molar-refractivity contribution in [3.8, 4) is 5.75 Å². The Balaban J connectivity index is 2.15. The van der Waals surface area contributed by atoms with E-state index in [2.05, 4.69) is 20.5 Å². The highest BCUT2D eigenvalue weighted by molar-refractivity contribution is 7.89. The number of hydrazone groups is 1. The second-order valence-corrected chi connectivity index (χ2v) is 9.68. The third-order valence-electron chi connectivity index (χ3n) is 4.54. The van der Waals surface area contributed by atoms with Gasteiger partial charge in [0.15, 0.2) is 5.03 Å². The molecule has 0 spiro atoms. The van der Waals surface area contributed by atoms with E-state index in [-0.39, 0.29) is 52.3 Å². The normalized spacial score (nSPS) is 12.7. The lowest BCUT2D eigenvalue weighted by molar-refractivity contribution is -0.485. The van der Waals surface area contributed by atoms with Crippen LogP contribution in [-0.4, -0.2) is 43.0 Å². The Kier molecular flexibility index (Phi) is 9.89. The third kappa shape index (κ3) is 8.75. The van der Waals surface area contributed by atoms with Gasteiger partial charge in [-0.2, -0.15) is 4.72 Å². The fraction of sp³-hybridized carbons (Fsp3) is 0.263. The molecular formula is C19H23Cl2N7O6S. The average Bonchev–Trinajstić information content (AvgIpc) is 2.78. The molecule has 16 heteroatoms. The highest BCUT2D eigenvalue weighted by Crippen LogP contribution is 2.30. The number of nitrogens with zero attached hydrogens (tertiary/aromatic N) is 2. The maximum atomic E-state index is 12.9. The van der Waals surface area contributed by atoms with Crippen LogP contribution in [0, 0.1) is 10.1 Å². The van der Waals surface area contributed by atoms with Gasteiger partial charge in [-0.1, -0.05) is 35.3 Å². The van der Waals surface area contributed by atoms with Crippen LogP contribution in [0.5, 0.6) is 5.75 Å². The molecule has 0 fully saturated rings. The van der Waals surface area contributed by atoms with Crippen molar-refractivity contribution in [1.29, 1.82) is 0 Å². The number of phenolic OH excluding ortho intramolecular Hbond substituents is 1. The molecule has 35 heavy (non-hydrogen) atoms. The molecule has 2 aromatic carbocycles.